The Hall–Kier alpha value is -0.380. The van der Waals surface area contributed by atoms with Crippen molar-refractivity contribution in [3.8, 4) is 0 Å². The first-order valence-electron chi connectivity index (χ1n) is 7.34. The molecule has 3 heteroatoms. The molecule has 3 N–H and O–H groups in total. The molecule has 0 amide bonds. The van der Waals surface area contributed by atoms with Crippen molar-refractivity contribution in [1.82, 2.24) is 5.43 Å². The smallest absolute Gasteiger partial charge is 0.0584 e. The molecule has 1 saturated carbocycles. The van der Waals surface area contributed by atoms with Crippen LogP contribution in [0.3, 0.4) is 0 Å². The molecule has 1 heterocycles. The van der Waals surface area contributed by atoms with E-state index in [2.05, 4.69) is 31.4 Å². The molecule has 1 aliphatic carbocycles. The molecule has 18 heavy (non-hydrogen) atoms. The van der Waals surface area contributed by atoms with E-state index in [1.165, 1.54) is 41.9 Å². The number of rotatable bonds is 5. The molecule has 2 nitrogen and oxygen atoms in total. The highest BCUT2D eigenvalue weighted by molar-refractivity contribution is 7.12. The Bertz CT molecular complexity index is 361. The fraction of sp³-hybridized carbons (Fsp3) is 0.733. The zero-order chi connectivity index (χ0) is 13.0. The van der Waals surface area contributed by atoms with Crippen LogP contribution in [0.5, 0.6) is 0 Å². The van der Waals surface area contributed by atoms with E-state index in [0.29, 0.717) is 6.04 Å². The van der Waals surface area contributed by atoms with Crippen LogP contribution in [0.1, 0.15) is 61.7 Å². The Morgan fingerprint density at radius 2 is 2.11 bits per heavy atom. The summed E-state index contributed by atoms with van der Waals surface area (Å²) in [6.45, 7) is 4.54. The average Bonchev–Trinajstić information content (AvgIpc) is 2.89. The lowest BCUT2D eigenvalue weighted by Crippen LogP contribution is -2.37. The van der Waals surface area contributed by atoms with Crippen LogP contribution in [-0.4, -0.2) is 0 Å². The number of nitrogens with two attached hydrogens (primary N) is 1. The van der Waals surface area contributed by atoms with Crippen LogP contribution in [0.2, 0.25) is 0 Å². The monoisotopic (exact) mass is 266 g/mol. The first-order chi connectivity index (χ1) is 8.80. The molecular formula is C15H26N2S. The summed E-state index contributed by atoms with van der Waals surface area (Å²) < 4.78 is 0. The lowest BCUT2D eigenvalue weighted by molar-refractivity contribution is 0.178. The molecule has 0 bridgehead atoms. The predicted molar refractivity (Wildman–Crippen MR) is 79.5 cm³/mol. The maximum absolute atomic E-state index is 5.86. The Morgan fingerprint density at radius 1 is 1.33 bits per heavy atom. The van der Waals surface area contributed by atoms with E-state index in [1.807, 2.05) is 11.3 Å². The van der Waals surface area contributed by atoms with Gasteiger partial charge >= 0.3 is 0 Å². The number of thiophene rings is 1. The van der Waals surface area contributed by atoms with Gasteiger partial charge in [0.2, 0.25) is 0 Å². The summed E-state index contributed by atoms with van der Waals surface area (Å²) in [4.78, 5) is 2.90. The van der Waals surface area contributed by atoms with Crippen molar-refractivity contribution < 1.29 is 0 Å². The maximum Gasteiger partial charge on any atom is 0.0584 e. The van der Waals surface area contributed by atoms with Crippen LogP contribution in [-0.2, 0) is 6.42 Å². The van der Waals surface area contributed by atoms with Crippen molar-refractivity contribution in [2.45, 2.75) is 58.4 Å². The largest absolute Gasteiger partial charge is 0.271 e. The van der Waals surface area contributed by atoms with Gasteiger partial charge in [0.1, 0.15) is 0 Å². The predicted octanol–water partition coefficient (Wildman–Crippen LogP) is 4.03. The van der Waals surface area contributed by atoms with E-state index in [4.69, 9.17) is 5.84 Å². The fourth-order valence-electron chi connectivity index (χ4n) is 3.35. The Labute approximate surface area is 115 Å². The maximum atomic E-state index is 5.86. The summed E-state index contributed by atoms with van der Waals surface area (Å²) >= 11 is 1.93. The second-order valence-corrected chi connectivity index (χ2v) is 6.62. The molecule has 3 unspecified atom stereocenters. The molecule has 1 aromatic rings. The number of hydrogen-bond donors (Lipinski definition) is 2. The van der Waals surface area contributed by atoms with E-state index in [-0.39, 0.29) is 0 Å². The van der Waals surface area contributed by atoms with Gasteiger partial charge in [-0.3, -0.25) is 11.3 Å². The molecule has 0 aromatic carbocycles. The Kier molecular flexibility index (Phi) is 5.22. The molecule has 0 radical (unpaired) electrons. The van der Waals surface area contributed by atoms with Gasteiger partial charge in [0.05, 0.1) is 6.04 Å². The van der Waals surface area contributed by atoms with Crippen molar-refractivity contribution in [1.29, 1.82) is 0 Å². The number of hydrazine groups is 1. The van der Waals surface area contributed by atoms with Gasteiger partial charge in [0, 0.05) is 9.75 Å². The molecule has 3 atom stereocenters. The summed E-state index contributed by atoms with van der Waals surface area (Å²) in [5.74, 6) is 7.42. The molecule has 0 spiro atoms. The first-order valence-corrected chi connectivity index (χ1v) is 8.16. The minimum atomic E-state index is 0.362. The minimum Gasteiger partial charge on any atom is -0.271 e. The molecule has 1 aliphatic rings. The van der Waals surface area contributed by atoms with Gasteiger partial charge in [-0.05, 0) is 36.8 Å². The Morgan fingerprint density at radius 3 is 2.72 bits per heavy atom. The summed E-state index contributed by atoms with van der Waals surface area (Å²) in [6, 6.07) is 4.89. The second-order valence-electron chi connectivity index (χ2n) is 5.42. The van der Waals surface area contributed by atoms with Crippen LogP contribution >= 0.6 is 11.3 Å². The van der Waals surface area contributed by atoms with Crippen LogP contribution < -0.4 is 11.3 Å². The molecule has 2 rings (SSSR count). The zero-order valence-corrected chi connectivity index (χ0v) is 12.4. The van der Waals surface area contributed by atoms with Gasteiger partial charge in [0.25, 0.3) is 0 Å². The Balaban J connectivity index is 2.15. The molecule has 102 valence electrons. The van der Waals surface area contributed by atoms with Gasteiger partial charge < -0.3 is 0 Å². The molecule has 0 aliphatic heterocycles. The fourth-order valence-corrected chi connectivity index (χ4v) is 4.44. The zero-order valence-electron chi connectivity index (χ0n) is 11.6. The third kappa shape index (κ3) is 2.95. The molecule has 0 saturated heterocycles. The van der Waals surface area contributed by atoms with E-state index in [0.717, 1.165) is 18.3 Å². The van der Waals surface area contributed by atoms with Crippen LogP contribution in [0.15, 0.2) is 12.1 Å². The standard InChI is InChI=1S/C15H26N2S/c1-3-11-7-5-6-8-13(11)15(17-16)14-10-9-12(4-2)18-14/h9-11,13,15,17H,3-8,16H2,1-2H3. The highest BCUT2D eigenvalue weighted by Crippen LogP contribution is 2.41. The van der Waals surface area contributed by atoms with Crippen molar-refractivity contribution in [3.05, 3.63) is 21.9 Å². The third-order valence-corrected chi connectivity index (χ3v) is 5.75. The van der Waals surface area contributed by atoms with Crippen LogP contribution in [0, 0.1) is 11.8 Å². The third-order valence-electron chi connectivity index (χ3n) is 4.44. The first kappa shape index (κ1) is 14.0. The molecular weight excluding hydrogens is 240 g/mol. The number of nitrogens with one attached hydrogen (secondary N) is 1. The van der Waals surface area contributed by atoms with E-state index < -0.39 is 0 Å². The van der Waals surface area contributed by atoms with E-state index in [1.54, 1.807) is 0 Å². The number of hydrogen-bond acceptors (Lipinski definition) is 3. The van der Waals surface area contributed by atoms with Crippen molar-refractivity contribution in [3.63, 3.8) is 0 Å². The highest BCUT2D eigenvalue weighted by atomic mass is 32.1. The normalized spacial score (nSPS) is 26.2. The summed E-state index contributed by atoms with van der Waals surface area (Å²) in [6.07, 6.45) is 7.89. The minimum absolute atomic E-state index is 0.362. The summed E-state index contributed by atoms with van der Waals surface area (Å²) in [5, 5.41) is 0. The van der Waals surface area contributed by atoms with Crippen molar-refractivity contribution >= 4 is 11.3 Å². The SMILES string of the molecule is CCc1ccc(C(NN)C2CCCCC2CC)s1. The van der Waals surface area contributed by atoms with Crippen molar-refractivity contribution in [2.75, 3.05) is 0 Å². The van der Waals surface area contributed by atoms with E-state index in [9.17, 15) is 0 Å². The van der Waals surface area contributed by atoms with Gasteiger partial charge in [-0.15, -0.1) is 11.3 Å². The van der Waals surface area contributed by atoms with Gasteiger partial charge in [0.15, 0.2) is 0 Å². The quantitative estimate of drug-likeness (QED) is 0.624. The van der Waals surface area contributed by atoms with Crippen molar-refractivity contribution in [2.24, 2.45) is 17.7 Å². The highest BCUT2D eigenvalue weighted by Gasteiger charge is 2.31. The topological polar surface area (TPSA) is 38.0 Å². The van der Waals surface area contributed by atoms with E-state index >= 15 is 0 Å². The number of aryl methyl sites for hydroxylation is 1. The second kappa shape index (κ2) is 6.69. The van der Waals surface area contributed by atoms with Crippen LogP contribution in [0.4, 0.5) is 0 Å². The lowest BCUT2D eigenvalue weighted by atomic mass is 9.74. The van der Waals surface area contributed by atoms with Crippen LogP contribution in [0.25, 0.3) is 0 Å². The van der Waals surface area contributed by atoms with Gasteiger partial charge in [-0.1, -0.05) is 39.5 Å². The molecule has 1 aromatic heterocycles. The van der Waals surface area contributed by atoms with Gasteiger partial charge in [-0.2, -0.15) is 0 Å². The summed E-state index contributed by atoms with van der Waals surface area (Å²) in [5.41, 5.74) is 3.10. The van der Waals surface area contributed by atoms with Gasteiger partial charge in [-0.25, -0.2) is 0 Å². The lowest BCUT2D eigenvalue weighted by Gasteiger charge is -2.36. The molecule has 1 fully saturated rings. The summed E-state index contributed by atoms with van der Waals surface area (Å²) in [7, 11) is 0. The average molecular weight is 266 g/mol.